The van der Waals surface area contributed by atoms with Gasteiger partial charge in [-0.25, -0.2) is 14.6 Å². The Bertz CT molecular complexity index is 1860. The molecule has 5 aliphatic rings. The molecular formula is C33H39N9O2S. The summed E-state index contributed by atoms with van der Waals surface area (Å²) in [5.41, 5.74) is 10.3. The standard InChI is InChI=1S/C33H39N9O2S/c1-19(23-7-5-13-40(23)2)42-31-22(17-36-42)30(41-14-15-43-32(18-41)11-12-32)37-29(38-31)26-20-6-3-9-33(27(20)44-39-26)10-4-8-24-25(33)21(16-34)28(35)45-24/h17,19,23H,3-15,18,35H2,1-2H3/t19-,23-,33-/m0/s1. The van der Waals surface area contributed by atoms with Gasteiger partial charge in [0.2, 0.25) is 0 Å². The van der Waals surface area contributed by atoms with Crippen LogP contribution in [-0.4, -0.2) is 74.7 Å². The zero-order valence-electron chi connectivity index (χ0n) is 26.0. The van der Waals surface area contributed by atoms with E-state index in [2.05, 4.69) is 34.5 Å². The van der Waals surface area contributed by atoms with Gasteiger partial charge in [0, 0.05) is 29.6 Å². The van der Waals surface area contributed by atoms with Crippen LogP contribution >= 0.6 is 11.3 Å². The molecule has 4 aromatic heterocycles. The number of nitrogens with two attached hydrogens (primary N) is 1. The molecule has 0 bridgehead atoms. The molecule has 2 N–H and O–H groups in total. The second kappa shape index (κ2) is 9.98. The molecule has 0 unspecified atom stereocenters. The summed E-state index contributed by atoms with van der Waals surface area (Å²) in [5, 5.41) is 21.4. The Balaban J connectivity index is 1.20. The number of hydrogen-bond acceptors (Lipinski definition) is 11. The first-order chi connectivity index (χ1) is 21.9. The van der Waals surface area contributed by atoms with Crippen molar-refractivity contribution in [1.82, 2.24) is 29.8 Å². The summed E-state index contributed by atoms with van der Waals surface area (Å²) in [7, 11) is 2.21. The second-order valence-corrected chi connectivity index (χ2v) is 15.1. The number of nitrogen functional groups attached to an aromatic ring is 1. The number of ether oxygens (including phenoxy) is 1. The Morgan fingerprint density at radius 1 is 1.13 bits per heavy atom. The van der Waals surface area contributed by atoms with Crippen molar-refractivity contribution >= 4 is 33.2 Å². The zero-order valence-corrected chi connectivity index (χ0v) is 26.8. The maximum absolute atomic E-state index is 10.1. The van der Waals surface area contributed by atoms with Crippen LogP contribution in [0.3, 0.4) is 0 Å². The molecule has 1 saturated carbocycles. The van der Waals surface area contributed by atoms with Crippen LogP contribution in [0.15, 0.2) is 10.7 Å². The van der Waals surface area contributed by atoms with Gasteiger partial charge in [0.25, 0.3) is 0 Å². The number of rotatable bonds is 4. The Labute approximate surface area is 266 Å². The Morgan fingerprint density at radius 3 is 2.76 bits per heavy atom. The van der Waals surface area contributed by atoms with Crippen molar-refractivity contribution in [2.75, 3.05) is 43.9 Å². The van der Waals surface area contributed by atoms with Gasteiger partial charge in [-0.15, -0.1) is 11.3 Å². The highest BCUT2D eigenvalue weighted by atomic mass is 32.1. The zero-order chi connectivity index (χ0) is 30.5. The largest absolute Gasteiger partial charge is 0.389 e. The summed E-state index contributed by atoms with van der Waals surface area (Å²) in [6.45, 7) is 5.65. The number of morpholine rings is 1. The number of nitriles is 1. The summed E-state index contributed by atoms with van der Waals surface area (Å²) in [4.78, 5) is 16.6. The molecule has 2 saturated heterocycles. The maximum atomic E-state index is 10.1. The molecule has 3 aliphatic carbocycles. The van der Waals surface area contributed by atoms with Crippen LogP contribution < -0.4 is 10.6 Å². The molecule has 2 aliphatic heterocycles. The molecule has 9 rings (SSSR count). The van der Waals surface area contributed by atoms with Crippen LogP contribution in [0.5, 0.6) is 0 Å². The van der Waals surface area contributed by atoms with E-state index in [4.69, 9.17) is 35.2 Å². The third kappa shape index (κ3) is 4.06. The average molecular weight is 626 g/mol. The summed E-state index contributed by atoms with van der Waals surface area (Å²) in [6, 6.07) is 2.99. The molecule has 11 nitrogen and oxygen atoms in total. The normalized spacial score (nSPS) is 26.3. The van der Waals surface area contributed by atoms with E-state index in [1.165, 1.54) is 11.3 Å². The summed E-state index contributed by atoms with van der Waals surface area (Å²) >= 11 is 1.57. The fraction of sp³-hybridized carbons (Fsp3) is 0.606. The lowest BCUT2D eigenvalue weighted by Gasteiger charge is -2.39. The molecule has 3 fully saturated rings. The van der Waals surface area contributed by atoms with Crippen molar-refractivity contribution in [1.29, 1.82) is 5.26 Å². The summed E-state index contributed by atoms with van der Waals surface area (Å²) in [5.74, 6) is 2.37. The van der Waals surface area contributed by atoms with Crippen LogP contribution in [0.25, 0.3) is 22.6 Å². The van der Waals surface area contributed by atoms with Crippen LogP contribution in [0.1, 0.15) is 91.7 Å². The number of aromatic nitrogens is 5. The Hall–Kier alpha value is -3.53. The van der Waals surface area contributed by atoms with Gasteiger partial charge in [0.05, 0.1) is 40.8 Å². The molecule has 3 atom stereocenters. The van der Waals surface area contributed by atoms with E-state index < -0.39 is 0 Å². The minimum absolute atomic E-state index is 0.0511. The molecule has 4 aromatic rings. The number of likely N-dealkylation sites (tertiary alicyclic amines) is 1. The third-order valence-corrected chi connectivity index (χ3v) is 12.5. The number of nitrogens with zero attached hydrogens (tertiary/aromatic N) is 8. The van der Waals surface area contributed by atoms with Crippen molar-refractivity contribution in [2.45, 2.75) is 94.2 Å². The molecule has 2 spiro atoms. The summed E-state index contributed by atoms with van der Waals surface area (Å²) in [6.07, 6.45) is 12.1. The average Bonchev–Trinajstić information content (AvgIpc) is 3.49. The predicted octanol–water partition coefficient (Wildman–Crippen LogP) is 4.98. The van der Waals surface area contributed by atoms with E-state index in [1.807, 2.05) is 6.20 Å². The summed E-state index contributed by atoms with van der Waals surface area (Å²) < 4.78 is 14.7. The first kappa shape index (κ1) is 27.8. The third-order valence-electron chi connectivity index (χ3n) is 11.4. The number of aryl methyl sites for hydroxylation is 1. The molecule has 6 heterocycles. The maximum Gasteiger partial charge on any atom is 0.186 e. The SMILES string of the molecule is C[C@@H]([C@@H]1CCCN1C)n1ncc2c(N3CCOC4(CC4)C3)nc(-c3noc4c3CCC[C@@]43CCCc4sc(N)c(C#N)c43)nc21. The van der Waals surface area contributed by atoms with Crippen LogP contribution in [-0.2, 0) is 23.0 Å². The van der Waals surface area contributed by atoms with Gasteiger partial charge in [0.1, 0.15) is 16.9 Å². The van der Waals surface area contributed by atoms with Gasteiger partial charge in [-0.1, -0.05) is 5.16 Å². The smallest absolute Gasteiger partial charge is 0.186 e. The molecule has 0 aromatic carbocycles. The van der Waals surface area contributed by atoms with E-state index in [-0.39, 0.29) is 17.1 Å². The Morgan fingerprint density at radius 2 is 1.98 bits per heavy atom. The monoisotopic (exact) mass is 625 g/mol. The number of hydrogen-bond donors (Lipinski definition) is 1. The van der Waals surface area contributed by atoms with Gasteiger partial charge >= 0.3 is 0 Å². The van der Waals surface area contributed by atoms with Crippen molar-refractivity contribution < 1.29 is 9.26 Å². The van der Waals surface area contributed by atoms with Gasteiger partial charge < -0.3 is 24.8 Å². The quantitative estimate of drug-likeness (QED) is 0.331. The van der Waals surface area contributed by atoms with E-state index in [9.17, 15) is 5.26 Å². The van der Waals surface area contributed by atoms with Crippen LogP contribution in [0.4, 0.5) is 10.8 Å². The van der Waals surface area contributed by atoms with Crippen LogP contribution in [0, 0.1) is 11.3 Å². The van der Waals surface area contributed by atoms with E-state index in [1.54, 1.807) is 11.3 Å². The highest BCUT2D eigenvalue weighted by Crippen LogP contribution is 2.55. The van der Waals surface area contributed by atoms with Crippen molar-refractivity contribution in [2.24, 2.45) is 0 Å². The highest BCUT2D eigenvalue weighted by molar-refractivity contribution is 7.16. The molecule has 12 heteroatoms. The minimum Gasteiger partial charge on any atom is -0.389 e. The fourth-order valence-electron chi connectivity index (χ4n) is 8.95. The topological polar surface area (TPSA) is 135 Å². The van der Waals surface area contributed by atoms with Crippen LogP contribution in [0.2, 0.25) is 0 Å². The van der Waals surface area contributed by atoms with Gasteiger partial charge in [-0.2, -0.15) is 10.4 Å². The van der Waals surface area contributed by atoms with Gasteiger partial charge in [-0.3, -0.25) is 0 Å². The number of fused-ring (bicyclic) bond motifs is 5. The first-order valence-electron chi connectivity index (χ1n) is 16.6. The molecule has 234 valence electrons. The molecular weight excluding hydrogens is 586 g/mol. The molecule has 0 amide bonds. The number of likely N-dealkylation sites (N-methyl/N-ethyl adjacent to an activating group) is 1. The van der Waals surface area contributed by atoms with Gasteiger partial charge in [-0.05, 0) is 90.3 Å². The number of thiophene rings is 1. The lowest BCUT2D eigenvalue weighted by atomic mass is 9.63. The fourth-order valence-corrected chi connectivity index (χ4v) is 10.1. The Kier molecular flexibility index (Phi) is 6.16. The molecule has 45 heavy (non-hydrogen) atoms. The van der Waals surface area contributed by atoms with Gasteiger partial charge in [0.15, 0.2) is 22.9 Å². The lowest BCUT2D eigenvalue weighted by molar-refractivity contribution is 0.0204. The van der Waals surface area contributed by atoms with Crippen molar-refractivity contribution in [3.63, 3.8) is 0 Å². The number of anilines is 2. The lowest BCUT2D eigenvalue weighted by Crippen LogP contribution is -2.44. The van der Waals surface area contributed by atoms with Crippen molar-refractivity contribution in [3.05, 3.63) is 33.5 Å². The van der Waals surface area contributed by atoms with E-state index >= 15 is 0 Å². The first-order valence-corrected chi connectivity index (χ1v) is 17.4. The highest BCUT2D eigenvalue weighted by Gasteiger charge is 2.50. The molecule has 0 radical (unpaired) electrons. The predicted molar refractivity (Wildman–Crippen MR) is 171 cm³/mol. The van der Waals surface area contributed by atoms with Crippen molar-refractivity contribution in [3.8, 4) is 17.6 Å². The van der Waals surface area contributed by atoms with E-state index in [0.29, 0.717) is 34.7 Å². The second-order valence-electron chi connectivity index (χ2n) is 14.0. The van der Waals surface area contributed by atoms with E-state index in [0.717, 1.165) is 111 Å². The minimum atomic E-state index is -0.384.